The van der Waals surface area contributed by atoms with E-state index in [1.165, 1.54) is 77.6 Å². The second-order valence-electron chi connectivity index (χ2n) is 14.0. The number of benzene rings is 6. The van der Waals surface area contributed by atoms with Crippen LogP contribution in [0.4, 0.5) is 17.1 Å². The van der Waals surface area contributed by atoms with Crippen LogP contribution >= 0.6 is 0 Å². The van der Waals surface area contributed by atoms with Gasteiger partial charge in [0.05, 0.1) is 11.4 Å². The molecule has 0 unspecified atom stereocenters. The Bertz CT molecular complexity index is 2620. The Hall–Kier alpha value is -5.86. The lowest BCUT2D eigenvalue weighted by Gasteiger charge is -2.29. The van der Waals surface area contributed by atoms with Gasteiger partial charge in [0.15, 0.2) is 0 Å². The zero-order valence-corrected chi connectivity index (χ0v) is 27.7. The van der Waals surface area contributed by atoms with Crippen LogP contribution in [0, 0.1) is 0 Å². The molecule has 49 heavy (non-hydrogen) atoms. The van der Waals surface area contributed by atoms with E-state index in [1.807, 2.05) is 0 Å². The van der Waals surface area contributed by atoms with Crippen LogP contribution in [0.2, 0.25) is 0 Å². The normalized spacial score (nSPS) is 15.1. The summed E-state index contributed by atoms with van der Waals surface area (Å²) < 4.78 is 6.51. The maximum absolute atomic E-state index is 6.51. The molecule has 2 heterocycles. The average Bonchev–Trinajstić information content (AvgIpc) is 3.57. The average molecular weight is 630 g/mol. The van der Waals surface area contributed by atoms with Gasteiger partial charge in [0.1, 0.15) is 11.0 Å². The number of anilines is 3. The molecule has 2 aliphatic carbocycles. The largest absolute Gasteiger partial charge is 0.456 e. The molecule has 2 heteroatoms. The van der Waals surface area contributed by atoms with Crippen molar-refractivity contribution in [3.05, 3.63) is 172 Å². The summed E-state index contributed by atoms with van der Waals surface area (Å²) in [6, 6.07) is 48.8. The van der Waals surface area contributed by atoms with E-state index in [1.54, 1.807) is 0 Å². The fourth-order valence-electron chi connectivity index (χ4n) is 8.42. The van der Waals surface area contributed by atoms with Crippen molar-refractivity contribution in [3.63, 3.8) is 0 Å². The molecule has 0 saturated carbocycles. The second kappa shape index (κ2) is 10.6. The minimum Gasteiger partial charge on any atom is -0.456 e. The first-order chi connectivity index (χ1) is 24.0. The van der Waals surface area contributed by atoms with Crippen LogP contribution < -0.4 is 15.5 Å². The quantitative estimate of drug-likeness (QED) is 0.193. The van der Waals surface area contributed by atoms with Crippen molar-refractivity contribution in [3.8, 4) is 22.3 Å². The molecule has 10 rings (SSSR count). The zero-order valence-electron chi connectivity index (χ0n) is 27.7. The van der Waals surface area contributed by atoms with Gasteiger partial charge in [-0.15, -0.1) is 0 Å². The molecule has 0 amide bonds. The first kappa shape index (κ1) is 28.2. The number of furan rings is 1. The number of rotatable bonds is 3. The molecular weight excluding hydrogens is 595 g/mol. The van der Waals surface area contributed by atoms with Crippen molar-refractivity contribution >= 4 is 51.8 Å². The molecule has 1 aromatic heterocycles. The SMILES string of the molecule is CC1(C)c2ccccc2-c2cc3c(cc21)C=Cc1cc(C2=c4oc5ccccc5c4=CCC2)ccc1N3c1ccc(-c2ccccc2)cc1. The van der Waals surface area contributed by atoms with Crippen LogP contribution in [-0.2, 0) is 5.41 Å². The third-order valence-corrected chi connectivity index (χ3v) is 10.9. The van der Waals surface area contributed by atoms with Crippen LogP contribution in [0.3, 0.4) is 0 Å². The highest BCUT2D eigenvalue weighted by Gasteiger charge is 2.37. The van der Waals surface area contributed by atoms with Gasteiger partial charge in [0.25, 0.3) is 0 Å². The van der Waals surface area contributed by atoms with Crippen LogP contribution in [0.25, 0.3) is 57.0 Å². The summed E-state index contributed by atoms with van der Waals surface area (Å²) in [5.41, 5.74) is 18.2. The second-order valence-corrected chi connectivity index (χ2v) is 14.0. The Kier molecular flexibility index (Phi) is 6.08. The molecule has 0 N–H and O–H groups in total. The molecule has 0 radical (unpaired) electrons. The van der Waals surface area contributed by atoms with E-state index in [0.717, 1.165) is 29.5 Å². The highest BCUT2D eigenvalue weighted by atomic mass is 16.3. The Labute approximate surface area is 286 Å². The number of nitrogens with zero attached hydrogens (tertiary/aromatic N) is 1. The number of para-hydroxylation sites is 1. The Morgan fingerprint density at radius 1 is 0.592 bits per heavy atom. The molecule has 0 atom stereocenters. The Morgan fingerprint density at radius 2 is 1.31 bits per heavy atom. The van der Waals surface area contributed by atoms with Crippen LogP contribution in [0.5, 0.6) is 0 Å². The summed E-state index contributed by atoms with van der Waals surface area (Å²) in [5.74, 6) is 0. The topological polar surface area (TPSA) is 16.4 Å². The predicted molar refractivity (Wildman–Crippen MR) is 205 cm³/mol. The molecular formula is C47H35NO. The third-order valence-electron chi connectivity index (χ3n) is 10.9. The predicted octanol–water partition coefficient (Wildman–Crippen LogP) is 11.1. The number of fused-ring (bicyclic) bond motifs is 8. The van der Waals surface area contributed by atoms with Gasteiger partial charge in [-0.2, -0.15) is 0 Å². The van der Waals surface area contributed by atoms with Crippen molar-refractivity contribution in [2.45, 2.75) is 32.1 Å². The van der Waals surface area contributed by atoms with E-state index in [9.17, 15) is 0 Å². The van der Waals surface area contributed by atoms with E-state index in [2.05, 4.69) is 170 Å². The van der Waals surface area contributed by atoms with Gasteiger partial charge >= 0.3 is 0 Å². The van der Waals surface area contributed by atoms with Crippen molar-refractivity contribution in [1.82, 2.24) is 0 Å². The number of hydrogen-bond donors (Lipinski definition) is 0. The molecule has 0 fully saturated rings. The summed E-state index contributed by atoms with van der Waals surface area (Å²) in [6.07, 6.45) is 8.94. The first-order valence-corrected chi connectivity index (χ1v) is 17.3. The van der Waals surface area contributed by atoms with Gasteiger partial charge in [-0.05, 0) is 105 Å². The van der Waals surface area contributed by atoms with E-state index in [-0.39, 0.29) is 5.41 Å². The van der Waals surface area contributed by atoms with Crippen molar-refractivity contribution in [1.29, 1.82) is 0 Å². The lowest BCUT2D eigenvalue weighted by atomic mass is 9.82. The molecule has 1 aliphatic heterocycles. The van der Waals surface area contributed by atoms with E-state index < -0.39 is 0 Å². The fraction of sp³-hybridized carbons (Fsp3) is 0.106. The minimum absolute atomic E-state index is 0.0672. The standard InChI is InChI=1S/C47H35NO/c1-47(2)41-17-8-6-13-37(41)40-29-44-34(28-42(40)47)20-19-33-27-32(36-15-10-16-39-38-14-7-9-18-45(38)49-46(36)39)23-26-43(33)48(44)35-24-21-31(22-25-35)30-11-4-3-5-12-30/h3-9,11-14,16-29H,10,15H2,1-2H3. The van der Waals surface area contributed by atoms with Crippen molar-refractivity contribution < 1.29 is 4.42 Å². The maximum Gasteiger partial charge on any atom is 0.138 e. The molecule has 7 aromatic rings. The third kappa shape index (κ3) is 4.27. The lowest BCUT2D eigenvalue weighted by Crippen LogP contribution is -2.26. The summed E-state index contributed by atoms with van der Waals surface area (Å²) in [4.78, 5) is 2.46. The highest BCUT2D eigenvalue weighted by molar-refractivity contribution is 5.97. The van der Waals surface area contributed by atoms with Crippen LogP contribution in [0.1, 0.15) is 54.5 Å². The lowest BCUT2D eigenvalue weighted by molar-refractivity contribution is 0.568. The number of hydrogen-bond acceptors (Lipinski definition) is 2. The van der Waals surface area contributed by atoms with E-state index >= 15 is 0 Å². The molecule has 2 nitrogen and oxygen atoms in total. The van der Waals surface area contributed by atoms with Gasteiger partial charge < -0.3 is 9.32 Å². The molecule has 6 aromatic carbocycles. The van der Waals surface area contributed by atoms with Gasteiger partial charge in [-0.1, -0.05) is 123 Å². The van der Waals surface area contributed by atoms with Gasteiger partial charge in [0.2, 0.25) is 0 Å². The van der Waals surface area contributed by atoms with E-state index in [4.69, 9.17) is 4.42 Å². The summed E-state index contributed by atoms with van der Waals surface area (Å²) >= 11 is 0. The Balaban J connectivity index is 1.18. The summed E-state index contributed by atoms with van der Waals surface area (Å²) in [7, 11) is 0. The smallest absolute Gasteiger partial charge is 0.138 e. The van der Waals surface area contributed by atoms with Gasteiger partial charge in [-0.25, -0.2) is 0 Å². The van der Waals surface area contributed by atoms with E-state index in [0.29, 0.717) is 0 Å². The molecule has 0 saturated heterocycles. The Morgan fingerprint density at radius 3 is 2.16 bits per heavy atom. The maximum atomic E-state index is 6.51. The monoisotopic (exact) mass is 629 g/mol. The fourth-order valence-corrected chi connectivity index (χ4v) is 8.42. The van der Waals surface area contributed by atoms with Gasteiger partial charge in [-0.3, -0.25) is 0 Å². The summed E-state index contributed by atoms with van der Waals surface area (Å²) in [6.45, 7) is 4.72. The zero-order chi connectivity index (χ0) is 32.7. The highest BCUT2D eigenvalue weighted by Crippen LogP contribution is 2.53. The van der Waals surface area contributed by atoms with Crippen molar-refractivity contribution in [2.75, 3.05) is 4.90 Å². The molecule has 0 spiro atoms. The first-order valence-electron chi connectivity index (χ1n) is 17.3. The minimum atomic E-state index is -0.0672. The van der Waals surface area contributed by atoms with Gasteiger partial charge in [0, 0.05) is 27.3 Å². The molecule has 234 valence electrons. The van der Waals surface area contributed by atoms with Crippen molar-refractivity contribution in [2.24, 2.45) is 0 Å². The molecule has 0 bridgehead atoms. The van der Waals surface area contributed by atoms with Crippen LogP contribution in [0.15, 0.2) is 138 Å². The molecule has 3 aliphatic rings. The summed E-state index contributed by atoms with van der Waals surface area (Å²) in [5, 5.41) is 2.43. The van der Waals surface area contributed by atoms with Crippen LogP contribution in [-0.4, -0.2) is 0 Å².